The molecule has 6 heteroatoms. The number of ether oxygens (including phenoxy) is 1. The van der Waals surface area contributed by atoms with Gasteiger partial charge in [-0.1, -0.05) is 12.1 Å². The van der Waals surface area contributed by atoms with Gasteiger partial charge in [0.2, 0.25) is 5.91 Å². The molecule has 1 amide bonds. The van der Waals surface area contributed by atoms with E-state index >= 15 is 0 Å². The molecule has 5 nitrogen and oxygen atoms in total. The van der Waals surface area contributed by atoms with Crippen LogP contribution in [0.15, 0.2) is 28.7 Å². The molecule has 2 rings (SSSR count). The Hall–Kier alpha value is -1.72. The van der Waals surface area contributed by atoms with Gasteiger partial charge in [-0.15, -0.1) is 12.4 Å². The lowest BCUT2D eigenvalue weighted by atomic mass is 10.2. The number of para-hydroxylation sites is 1. The average Bonchev–Trinajstić information content (AvgIpc) is 2.93. The number of carbonyl (C=O) groups excluding carboxylic acids is 1. The number of benzene rings is 1. The minimum Gasteiger partial charge on any atom is -0.490 e. The average molecular weight is 341 g/mol. The second-order valence-corrected chi connectivity index (χ2v) is 5.25. The molecule has 0 aliphatic rings. The van der Waals surface area contributed by atoms with Crippen molar-refractivity contribution in [3.8, 4) is 5.75 Å². The van der Waals surface area contributed by atoms with Crippen molar-refractivity contribution in [1.82, 2.24) is 10.6 Å². The maximum Gasteiger partial charge on any atom is 0.220 e. The third kappa shape index (κ3) is 5.15. The van der Waals surface area contributed by atoms with E-state index in [4.69, 9.17) is 9.15 Å². The van der Waals surface area contributed by atoms with Gasteiger partial charge in [-0.25, -0.2) is 0 Å². The summed E-state index contributed by atoms with van der Waals surface area (Å²) in [5.41, 5.74) is 0.732. The molecule has 0 aliphatic carbocycles. The van der Waals surface area contributed by atoms with Gasteiger partial charge in [-0.2, -0.15) is 0 Å². The largest absolute Gasteiger partial charge is 0.490 e. The van der Waals surface area contributed by atoms with Gasteiger partial charge in [0.05, 0.1) is 12.6 Å². The Morgan fingerprint density at radius 1 is 1.39 bits per heavy atom. The van der Waals surface area contributed by atoms with Crippen LogP contribution < -0.4 is 15.4 Å². The Bertz CT molecular complexity index is 627. The topological polar surface area (TPSA) is 63.5 Å². The first-order chi connectivity index (χ1) is 10.7. The smallest absolute Gasteiger partial charge is 0.220 e. The zero-order valence-electron chi connectivity index (χ0n) is 13.8. The van der Waals surface area contributed by atoms with E-state index in [0.717, 1.165) is 35.4 Å². The fourth-order valence-electron chi connectivity index (χ4n) is 2.35. The third-order valence-corrected chi connectivity index (χ3v) is 3.46. The first-order valence-electron chi connectivity index (χ1n) is 7.75. The molecule has 0 saturated heterocycles. The summed E-state index contributed by atoms with van der Waals surface area (Å²) in [4.78, 5) is 11.9. The number of hydrogen-bond donors (Lipinski definition) is 2. The second-order valence-electron chi connectivity index (χ2n) is 5.25. The quantitative estimate of drug-likeness (QED) is 0.723. The van der Waals surface area contributed by atoms with E-state index in [2.05, 4.69) is 10.6 Å². The summed E-state index contributed by atoms with van der Waals surface area (Å²) < 4.78 is 11.5. The lowest BCUT2D eigenvalue weighted by Gasteiger charge is -2.11. The highest BCUT2D eigenvalue weighted by Gasteiger charge is 2.16. The number of hydrogen-bond acceptors (Lipinski definition) is 4. The minimum absolute atomic E-state index is 0. The number of furan rings is 1. The van der Waals surface area contributed by atoms with Crippen LogP contribution in [-0.2, 0) is 4.79 Å². The number of amides is 1. The summed E-state index contributed by atoms with van der Waals surface area (Å²) in [7, 11) is 1.88. The highest BCUT2D eigenvalue weighted by Crippen LogP contribution is 2.31. The van der Waals surface area contributed by atoms with E-state index < -0.39 is 0 Å². The van der Waals surface area contributed by atoms with E-state index in [9.17, 15) is 4.79 Å². The molecule has 0 radical (unpaired) electrons. The van der Waals surface area contributed by atoms with Gasteiger partial charge in [-0.3, -0.25) is 4.79 Å². The van der Waals surface area contributed by atoms with Crippen LogP contribution in [0.4, 0.5) is 0 Å². The SMILES string of the molecule is CCOc1cccc2cc(C(C)NC(=O)CCCNC)oc12.Cl. The number of nitrogens with one attached hydrogen (secondary N) is 2. The molecule has 128 valence electrons. The first-order valence-corrected chi connectivity index (χ1v) is 7.75. The molecular weight excluding hydrogens is 316 g/mol. The van der Waals surface area contributed by atoms with Crippen LogP contribution in [0.2, 0.25) is 0 Å². The maximum absolute atomic E-state index is 11.9. The highest BCUT2D eigenvalue weighted by molar-refractivity contribution is 5.85. The molecule has 2 N–H and O–H groups in total. The second kappa shape index (κ2) is 9.43. The van der Waals surface area contributed by atoms with E-state index in [1.54, 1.807) is 0 Å². The monoisotopic (exact) mass is 340 g/mol. The third-order valence-electron chi connectivity index (χ3n) is 3.46. The molecule has 0 saturated carbocycles. The zero-order valence-corrected chi connectivity index (χ0v) is 14.7. The number of fused-ring (bicyclic) bond motifs is 1. The lowest BCUT2D eigenvalue weighted by Crippen LogP contribution is -2.26. The van der Waals surface area contributed by atoms with Crippen LogP contribution >= 0.6 is 12.4 Å². The Morgan fingerprint density at radius 3 is 2.87 bits per heavy atom. The summed E-state index contributed by atoms with van der Waals surface area (Å²) >= 11 is 0. The molecule has 1 aromatic carbocycles. The molecular formula is C17H25ClN2O3. The van der Waals surface area contributed by atoms with Gasteiger partial charge in [0.25, 0.3) is 0 Å². The Balaban J connectivity index is 0.00000264. The van der Waals surface area contributed by atoms with E-state index in [1.807, 2.05) is 45.2 Å². The molecule has 0 spiro atoms. The Labute approximate surface area is 143 Å². The minimum atomic E-state index is -0.163. The standard InChI is InChI=1S/C17H24N2O3.ClH/c1-4-21-14-8-5-7-13-11-15(22-17(13)14)12(2)19-16(20)9-6-10-18-3;/h5,7-8,11-12,18H,4,6,9-10H2,1-3H3,(H,19,20);1H. The summed E-state index contributed by atoms with van der Waals surface area (Å²) in [5.74, 6) is 1.51. The molecule has 0 aliphatic heterocycles. The van der Waals surface area contributed by atoms with Gasteiger partial charge in [0, 0.05) is 11.8 Å². The van der Waals surface area contributed by atoms with Crippen molar-refractivity contribution < 1.29 is 13.9 Å². The molecule has 1 atom stereocenters. The highest BCUT2D eigenvalue weighted by atomic mass is 35.5. The molecule has 2 aromatic rings. The first kappa shape index (κ1) is 19.3. The Kier molecular flexibility index (Phi) is 7.92. The lowest BCUT2D eigenvalue weighted by molar-refractivity contribution is -0.121. The van der Waals surface area contributed by atoms with Crippen molar-refractivity contribution in [1.29, 1.82) is 0 Å². The molecule has 0 bridgehead atoms. The predicted molar refractivity (Wildman–Crippen MR) is 94.3 cm³/mol. The van der Waals surface area contributed by atoms with Gasteiger partial charge in [0.15, 0.2) is 11.3 Å². The van der Waals surface area contributed by atoms with Crippen LogP contribution in [-0.4, -0.2) is 26.1 Å². The van der Waals surface area contributed by atoms with E-state index in [0.29, 0.717) is 13.0 Å². The zero-order chi connectivity index (χ0) is 15.9. The molecule has 23 heavy (non-hydrogen) atoms. The number of carbonyl (C=O) groups is 1. The normalized spacial score (nSPS) is 11.8. The molecule has 0 fully saturated rings. The predicted octanol–water partition coefficient (Wildman–Crippen LogP) is 3.43. The van der Waals surface area contributed by atoms with Crippen molar-refractivity contribution >= 4 is 29.3 Å². The van der Waals surface area contributed by atoms with Crippen molar-refractivity contribution in [3.05, 3.63) is 30.0 Å². The van der Waals surface area contributed by atoms with Gasteiger partial charge in [0.1, 0.15) is 5.76 Å². The fraction of sp³-hybridized carbons (Fsp3) is 0.471. The van der Waals surface area contributed by atoms with Crippen LogP contribution in [0.5, 0.6) is 5.75 Å². The van der Waals surface area contributed by atoms with Crippen LogP contribution in [0.1, 0.15) is 38.5 Å². The summed E-state index contributed by atoms with van der Waals surface area (Å²) in [6, 6.07) is 7.60. The summed E-state index contributed by atoms with van der Waals surface area (Å²) in [6.45, 7) is 5.29. The van der Waals surface area contributed by atoms with Gasteiger partial charge in [-0.05, 0) is 46.0 Å². The number of halogens is 1. The van der Waals surface area contributed by atoms with Crippen LogP contribution in [0.3, 0.4) is 0 Å². The van der Waals surface area contributed by atoms with E-state index in [-0.39, 0.29) is 24.4 Å². The Morgan fingerprint density at radius 2 is 2.17 bits per heavy atom. The van der Waals surface area contributed by atoms with Crippen LogP contribution in [0, 0.1) is 0 Å². The van der Waals surface area contributed by atoms with Gasteiger partial charge < -0.3 is 19.8 Å². The molecule has 1 unspecified atom stereocenters. The summed E-state index contributed by atoms with van der Waals surface area (Å²) in [5, 5.41) is 6.98. The van der Waals surface area contributed by atoms with E-state index in [1.165, 1.54) is 0 Å². The summed E-state index contributed by atoms with van der Waals surface area (Å²) in [6.07, 6.45) is 1.33. The van der Waals surface area contributed by atoms with Crippen molar-refractivity contribution in [2.24, 2.45) is 0 Å². The number of rotatable bonds is 8. The van der Waals surface area contributed by atoms with Gasteiger partial charge >= 0.3 is 0 Å². The van der Waals surface area contributed by atoms with Crippen molar-refractivity contribution in [2.75, 3.05) is 20.2 Å². The van der Waals surface area contributed by atoms with Crippen LogP contribution in [0.25, 0.3) is 11.0 Å². The molecule has 1 aromatic heterocycles. The van der Waals surface area contributed by atoms with Crippen molar-refractivity contribution in [2.45, 2.75) is 32.7 Å². The van der Waals surface area contributed by atoms with Crippen molar-refractivity contribution in [3.63, 3.8) is 0 Å². The maximum atomic E-state index is 11.9. The fourth-order valence-corrected chi connectivity index (χ4v) is 2.35. The molecule has 1 heterocycles.